The zero-order valence-corrected chi connectivity index (χ0v) is 13.5. The van der Waals surface area contributed by atoms with Crippen molar-refractivity contribution < 1.29 is 8.42 Å². The van der Waals surface area contributed by atoms with Gasteiger partial charge in [-0.05, 0) is 49.6 Å². The molecular formula is C17H21NO2S. The van der Waals surface area contributed by atoms with Gasteiger partial charge in [0.05, 0.1) is 10.6 Å². The maximum atomic E-state index is 12.4. The predicted molar refractivity (Wildman–Crippen MR) is 87.2 cm³/mol. The van der Waals surface area contributed by atoms with Gasteiger partial charge in [0.25, 0.3) is 10.0 Å². The van der Waals surface area contributed by atoms with Gasteiger partial charge in [0.15, 0.2) is 0 Å². The minimum Gasteiger partial charge on any atom is -0.279 e. The predicted octanol–water partition coefficient (Wildman–Crippen LogP) is 4.06. The Bertz CT molecular complexity index is 719. The Morgan fingerprint density at radius 1 is 1.00 bits per heavy atom. The third-order valence-corrected chi connectivity index (χ3v) is 4.78. The van der Waals surface area contributed by atoms with E-state index in [-0.39, 0.29) is 0 Å². The number of aryl methyl sites for hydroxylation is 3. The molecule has 0 aliphatic heterocycles. The van der Waals surface area contributed by atoms with E-state index in [4.69, 9.17) is 0 Å². The van der Waals surface area contributed by atoms with Gasteiger partial charge >= 0.3 is 0 Å². The molecule has 21 heavy (non-hydrogen) atoms. The molecule has 2 aromatic rings. The minimum absolute atomic E-state index is 0.294. The van der Waals surface area contributed by atoms with Crippen LogP contribution in [-0.2, 0) is 16.4 Å². The van der Waals surface area contributed by atoms with Crippen LogP contribution < -0.4 is 4.72 Å². The first-order chi connectivity index (χ1) is 9.92. The average Bonchev–Trinajstić information content (AvgIpc) is 2.43. The SMILES string of the molecule is CCCc1ccc(S(=O)(=O)Nc2ccc(C)cc2C)cc1. The van der Waals surface area contributed by atoms with Gasteiger partial charge in [-0.3, -0.25) is 4.72 Å². The standard InChI is InChI=1S/C17H21NO2S/c1-4-5-15-7-9-16(10-8-15)21(19,20)18-17-11-6-13(2)12-14(17)3/h6-12,18H,4-5H2,1-3H3. The lowest BCUT2D eigenvalue weighted by atomic mass is 10.1. The summed E-state index contributed by atoms with van der Waals surface area (Å²) in [7, 11) is -3.53. The van der Waals surface area contributed by atoms with Crippen molar-refractivity contribution in [3.05, 3.63) is 59.2 Å². The number of hydrogen-bond acceptors (Lipinski definition) is 2. The monoisotopic (exact) mass is 303 g/mol. The van der Waals surface area contributed by atoms with Crippen LogP contribution in [-0.4, -0.2) is 8.42 Å². The smallest absolute Gasteiger partial charge is 0.261 e. The first-order valence-electron chi connectivity index (χ1n) is 7.11. The second-order valence-corrected chi connectivity index (χ2v) is 7.00. The van der Waals surface area contributed by atoms with E-state index in [2.05, 4.69) is 11.6 Å². The van der Waals surface area contributed by atoms with Crippen molar-refractivity contribution in [1.82, 2.24) is 0 Å². The third-order valence-electron chi connectivity index (χ3n) is 3.40. The highest BCUT2D eigenvalue weighted by atomic mass is 32.2. The van der Waals surface area contributed by atoms with Crippen LogP contribution in [0.2, 0.25) is 0 Å². The zero-order valence-electron chi connectivity index (χ0n) is 12.7. The maximum Gasteiger partial charge on any atom is 0.261 e. The van der Waals surface area contributed by atoms with Gasteiger partial charge in [0, 0.05) is 0 Å². The Morgan fingerprint density at radius 2 is 1.67 bits per heavy atom. The number of sulfonamides is 1. The van der Waals surface area contributed by atoms with E-state index in [1.807, 2.05) is 38.1 Å². The first-order valence-corrected chi connectivity index (χ1v) is 8.59. The Labute approximate surface area is 127 Å². The molecule has 0 unspecified atom stereocenters. The number of hydrogen-bond donors (Lipinski definition) is 1. The van der Waals surface area contributed by atoms with E-state index in [1.54, 1.807) is 18.2 Å². The van der Waals surface area contributed by atoms with E-state index < -0.39 is 10.0 Å². The highest BCUT2D eigenvalue weighted by Gasteiger charge is 2.15. The van der Waals surface area contributed by atoms with E-state index >= 15 is 0 Å². The van der Waals surface area contributed by atoms with Crippen molar-refractivity contribution in [2.45, 2.75) is 38.5 Å². The number of benzene rings is 2. The Kier molecular flexibility index (Phi) is 4.68. The second-order valence-electron chi connectivity index (χ2n) is 5.32. The van der Waals surface area contributed by atoms with Gasteiger partial charge < -0.3 is 0 Å². The molecule has 3 nitrogen and oxygen atoms in total. The topological polar surface area (TPSA) is 46.2 Å². The summed E-state index contributed by atoms with van der Waals surface area (Å²) < 4.78 is 27.4. The number of nitrogens with one attached hydrogen (secondary N) is 1. The summed E-state index contributed by atoms with van der Waals surface area (Å²) in [5, 5.41) is 0. The summed E-state index contributed by atoms with van der Waals surface area (Å²) in [5.41, 5.74) is 3.81. The first kappa shape index (κ1) is 15.6. The van der Waals surface area contributed by atoms with Crippen LogP contribution in [0, 0.1) is 13.8 Å². The van der Waals surface area contributed by atoms with Crippen molar-refractivity contribution in [1.29, 1.82) is 0 Å². The quantitative estimate of drug-likeness (QED) is 0.905. The summed E-state index contributed by atoms with van der Waals surface area (Å²) in [6.07, 6.45) is 2.01. The molecule has 0 aliphatic carbocycles. The van der Waals surface area contributed by atoms with Gasteiger partial charge in [-0.1, -0.05) is 43.2 Å². The molecule has 0 aromatic heterocycles. The lowest BCUT2D eigenvalue weighted by Crippen LogP contribution is -2.13. The molecule has 2 aromatic carbocycles. The third kappa shape index (κ3) is 3.85. The molecule has 112 valence electrons. The van der Waals surface area contributed by atoms with E-state index in [0.717, 1.165) is 29.5 Å². The molecule has 0 spiro atoms. The Morgan fingerprint density at radius 3 is 2.24 bits per heavy atom. The van der Waals surface area contributed by atoms with Crippen molar-refractivity contribution in [2.24, 2.45) is 0 Å². The normalized spacial score (nSPS) is 11.4. The van der Waals surface area contributed by atoms with Gasteiger partial charge in [-0.25, -0.2) is 8.42 Å². The van der Waals surface area contributed by atoms with Crippen LogP contribution in [0.5, 0.6) is 0 Å². The van der Waals surface area contributed by atoms with Crippen molar-refractivity contribution in [2.75, 3.05) is 4.72 Å². The van der Waals surface area contributed by atoms with Crippen molar-refractivity contribution in [3.8, 4) is 0 Å². The van der Waals surface area contributed by atoms with Crippen LogP contribution in [0.3, 0.4) is 0 Å². The largest absolute Gasteiger partial charge is 0.279 e. The van der Waals surface area contributed by atoms with Gasteiger partial charge in [0.1, 0.15) is 0 Å². The molecule has 4 heteroatoms. The fourth-order valence-electron chi connectivity index (χ4n) is 2.26. The van der Waals surface area contributed by atoms with Crippen LogP contribution >= 0.6 is 0 Å². The van der Waals surface area contributed by atoms with Crippen LogP contribution in [0.25, 0.3) is 0 Å². The van der Waals surface area contributed by atoms with Crippen LogP contribution in [0.1, 0.15) is 30.0 Å². The fourth-order valence-corrected chi connectivity index (χ4v) is 3.39. The second kappa shape index (κ2) is 6.31. The van der Waals surface area contributed by atoms with E-state index in [1.165, 1.54) is 0 Å². The molecular weight excluding hydrogens is 282 g/mol. The molecule has 0 fully saturated rings. The van der Waals surface area contributed by atoms with E-state index in [0.29, 0.717) is 10.6 Å². The molecule has 0 bridgehead atoms. The molecule has 2 rings (SSSR count). The fraction of sp³-hybridized carbons (Fsp3) is 0.294. The van der Waals surface area contributed by atoms with Gasteiger partial charge in [-0.2, -0.15) is 0 Å². The number of rotatable bonds is 5. The van der Waals surface area contributed by atoms with Gasteiger partial charge in [-0.15, -0.1) is 0 Å². The summed E-state index contributed by atoms with van der Waals surface area (Å²) in [6, 6.07) is 12.7. The van der Waals surface area contributed by atoms with Gasteiger partial charge in [0.2, 0.25) is 0 Å². The highest BCUT2D eigenvalue weighted by Crippen LogP contribution is 2.21. The van der Waals surface area contributed by atoms with Crippen LogP contribution in [0.4, 0.5) is 5.69 Å². The summed E-state index contributed by atoms with van der Waals surface area (Å²) in [4.78, 5) is 0.294. The molecule has 0 radical (unpaired) electrons. The summed E-state index contributed by atoms with van der Waals surface area (Å²) >= 11 is 0. The Hall–Kier alpha value is -1.81. The molecule has 0 atom stereocenters. The molecule has 0 aliphatic rings. The molecule has 0 amide bonds. The molecule has 1 N–H and O–H groups in total. The lowest BCUT2D eigenvalue weighted by molar-refractivity contribution is 0.601. The van der Waals surface area contributed by atoms with Crippen LogP contribution in [0.15, 0.2) is 47.4 Å². The molecule has 0 saturated heterocycles. The summed E-state index contributed by atoms with van der Waals surface area (Å²) in [6.45, 7) is 5.99. The minimum atomic E-state index is -3.53. The number of anilines is 1. The maximum absolute atomic E-state index is 12.4. The van der Waals surface area contributed by atoms with Crippen molar-refractivity contribution in [3.63, 3.8) is 0 Å². The van der Waals surface area contributed by atoms with E-state index in [9.17, 15) is 8.42 Å². The highest BCUT2D eigenvalue weighted by molar-refractivity contribution is 7.92. The summed E-state index contributed by atoms with van der Waals surface area (Å²) in [5.74, 6) is 0. The van der Waals surface area contributed by atoms with Crippen molar-refractivity contribution >= 4 is 15.7 Å². The molecule has 0 heterocycles. The zero-order chi connectivity index (χ0) is 15.5. The lowest BCUT2D eigenvalue weighted by Gasteiger charge is -2.11. The average molecular weight is 303 g/mol. The Balaban J connectivity index is 2.25. The molecule has 0 saturated carbocycles.